The summed E-state index contributed by atoms with van der Waals surface area (Å²) in [6.45, 7) is 9.79. The quantitative estimate of drug-likeness (QED) is 0.330. The molecule has 6 rings (SSSR count). The topological polar surface area (TPSA) is 29.5 Å². The Bertz CT molecular complexity index is 1380. The molecular weight excluding hydrogens is 505 g/mol. The second-order valence-electron chi connectivity index (χ2n) is 13.6. The van der Waals surface area contributed by atoms with Crippen LogP contribution in [0.4, 0.5) is 0 Å². The van der Waals surface area contributed by atoms with Gasteiger partial charge in [0.15, 0.2) is 0 Å². The molecule has 3 aromatic rings. The Morgan fingerprint density at radius 1 is 0.842 bits per heavy atom. The Labute approximate surface area is 237 Å². The highest BCUT2D eigenvalue weighted by Gasteiger charge is 2.54. The third-order valence-corrected chi connectivity index (χ3v) is 11.4. The summed E-state index contributed by atoms with van der Waals surface area (Å²) in [5.74, 6) is 1.27. The summed E-state index contributed by atoms with van der Waals surface area (Å²) in [5.41, 5.74) is 5.77. The fourth-order valence-corrected chi connectivity index (χ4v) is 10.5. The highest BCUT2D eigenvalue weighted by molar-refractivity contribution is 8.00. The van der Waals surface area contributed by atoms with Gasteiger partial charge in [0.05, 0.1) is 7.11 Å². The molecule has 1 spiro atoms. The van der Waals surface area contributed by atoms with Crippen LogP contribution in [0.25, 0.3) is 21.9 Å². The zero-order valence-corrected chi connectivity index (χ0v) is 25.5. The standard InChI is InChI=1S/C34H42O2S2/c1-32(2)18-33(3,4)20-34(19-32)26-14-22(38-21-10-8-7-9-11-21)12-13-23(26)31-25-15-29(36-5)30(37-6)16-24(25)28(35)17-27(31)34/h12-17,21,35H,7-11,18-20H2,1-6H3. The first-order valence-corrected chi connectivity index (χ1v) is 16.4. The van der Waals surface area contributed by atoms with Crippen molar-refractivity contribution in [1.82, 2.24) is 0 Å². The van der Waals surface area contributed by atoms with Crippen LogP contribution >= 0.6 is 23.5 Å². The molecule has 3 aliphatic rings. The van der Waals surface area contributed by atoms with Gasteiger partial charge in [-0.2, -0.15) is 0 Å². The lowest BCUT2D eigenvalue weighted by atomic mass is 9.52. The highest BCUT2D eigenvalue weighted by Crippen LogP contribution is 2.65. The van der Waals surface area contributed by atoms with Crippen molar-refractivity contribution in [1.29, 1.82) is 0 Å². The van der Waals surface area contributed by atoms with Crippen molar-refractivity contribution < 1.29 is 9.84 Å². The summed E-state index contributed by atoms with van der Waals surface area (Å²) in [7, 11) is 1.75. The van der Waals surface area contributed by atoms with Crippen LogP contribution in [0.2, 0.25) is 0 Å². The number of rotatable bonds is 4. The number of fused-ring (bicyclic) bond motifs is 7. The van der Waals surface area contributed by atoms with Gasteiger partial charge in [-0.05, 0) is 107 Å². The van der Waals surface area contributed by atoms with Crippen LogP contribution in [-0.2, 0) is 5.41 Å². The average molecular weight is 547 g/mol. The van der Waals surface area contributed by atoms with Crippen molar-refractivity contribution in [3.8, 4) is 22.6 Å². The third kappa shape index (κ3) is 4.35. The van der Waals surface area contributed by atoms with Crippen LogP contribution in [-0.4, -0.2) is 23.7 Å². The second-order valence-corrected chi connectivity index (χ2v) is 15.8. The molecule has 0 amide bonds. The van der Waals surface area contributed by atoms with Crippen LogP contribution in [0.5, 0.6) is 11.5 Å². The van der Waals surface area contributed by atoms with Gasteiger partial charge in [-0.25, -0.2) is 0 Å². The second kappa shape index (κ2) is 9.41. The van der Waals surface area contributed by atoms with Crippen LogP contribution in [0.3, 0.4) is 0 Å². The Morgan fingerprint density at radius 2 is 1.55 bits per heavy atom. The number of thioether (sulfide) groups is 2. The minimum absolute atomic E-state index is 0.101. The van der Waals surface area contributed by atoms with E-state index in [0.29, 0.717) is 5.75 Å². The normalized spacial score (nSPS) is 21.4. The summed E-state index contributed by atoms with van der Waals surface area (Å²) >= 11 is 3.77. The summed E-state index contributed by atoms with van der Waals surface area (Å²) in [6.07, 6.45) is 12.3. The lowest BCUT2D eigenvalue weighted by Gasteiger charge is -2.51. The maximum Gasteiger partial charge on any atom is 0.133 e. The van der Waals surface area contributed by atoms with E-state index in [2.05, 4.69) is 82.1 Å². The molecule has 0 aromatic heterocycles. The molecule has 202 valence electrons. The minimum Gasteiger partial charge on any atom is -0.507 e. The molecule has 2 saturated carbocycles. The fraction of sp³-hybridized carbons (Fsp3) is 0.529. The van der Waals surface area contributed by atoms with Crippen LogP contribution in [0.1, 0.15) is 90.2 Å². The van der Waals surface area contributed by atoms with Crippen molar-refractivity contribution in [2.24, 2.45) is 10.8 Å². The lowest BCUT2D eigenvalue weighted by Crippen LogP contribution is -2.43. The molecule has 0 radical (unpaired) electrons. The minimum atomic E-state index is -0.101. The third-order valence-electron chi connectivity index (χ3n) is 9.28. The Hall–Kier alpha value is -1.78. The first-order valence-electron chi connectivity index (χ1n) is 14.3. The lowest BCUT2D eigenvalue weighted by molar-refractivity contribution is 0.0644. The average Bonchev–Trinajstić information content (AvgIpc) is 3.09. The van der Waals surface area contributed by atoms with E-state index in [1.807, 2.05) is 0 Å². The number of ether oxygens (including phenoxy) is 1. The van der Waals surface area contributed by atoms with Gasteiger partial charge < -0.3 is 9.84 Å². The maximum atomic E-state index is 11.5. The zero-order valence-electron chi connectivity index (χ0n) is 23.9. The van der Waals surface area contributed by atoms with Crippen LogP contribution in [0.15, 0.2) is 46.2 Å². The molecule has 3 aliphatic carbocycles. The number of benzene rings is 3. The van der Waals surface area contributed by atoms with Crippen molar-refractivity contribution in [2.45, 2.75) is 99.5 Å². The van der Waals surface area contributed by atoms with E-state index in [-0.39, 0.29) is 16.2 Å². The molecule has 0 saturated heterocycles. The van der Waals surface area contributed by atoms with Crippen LogP contribution in [0, 0.1) is 10.8 Å². The van der Waals surface area contributed by atoms with E-state index in [4.69, 9.17) is 4.74 Å². The molecule has 4 heteroatoms. The monoisotopic (exact) mass is 546 g/mol. The predicted octanol–water partition coefficient (Wildman–Crippen LogP) is 10.2. The molecular formula is C34H42O2S2. The molecule has 0 unspecified atom stereocenters. The van der Waals surface area contributed by atoms with Gasteiger partial charge in [-0.15, -0.1) is 23.5 Å². The molecule has 1 N–H and O–H groups in total. The van der Waals surface area contributed by atoms with Gasteiger partial charge in [0.1, 0.15) is 11.5 Å². The van der Waals surface area contributed by atoms with E-state index in [0.717, 1.165) is 39.5 Å². The largest absolute Gasteiger partial charge is 0.507 e. The number of phenolic OH excluding ortho intramolecular Hbond substituents is 1. The smallest absolute Gasteiger partial charge is 0.133 e. The highest BCUT2D eigenvalue weighted by atomic mass is 32.2. The molecule has 0 aliphatic heterocycles. The van der Waals surface area contributed by atoms with Gasteiger partial charge in [0.2, 0.25) is 0 Å². The van der Waals surface area contributed by atoms with Crippen LogP contribution < -0.4 is 4.74 Å². The Morgan fingerprint density at radius 3 is 2.21 bits per heavy atom. The zero-order chi connectivity index (χ0) is 26.9. The molecule has 38 heavy (non-hydrogen) atoms. The van der Waals surface area contributed by atoms with E-state index in [1.54, 1.807) is 18.9 Å². The van der Waals surface area contributed by atoms with E-state index >= 15 is 0 Å². The molecule has 0 heterocycles. The number of aromatic hydroxyl groups is 1. The Kier molecular flexibility index (Phi) is 6.54. The molecule has 2 fully saturated rings. The Balaban J connectivity index is 1.61. The van der Waals surface area contributed by atoms with Gasteiger partial charge in [-0.1, -0.05) is 53.0 Å². The summed E-state index contributed by atoms with van der Waals surface area (Å²) < 4.78 is 5.83. The molecule has 3 aromatic carbocycles. The number of phenols is 1. The SMILES string of the molecule is COc1cc2c3c(cc(O)c2cc1SC)C1(CC(C)(C)CC(C)(C)C1)c1cc(SC2CCCCC2)ccc1-3. The van der Waals surface area contributed by atoms with Crippen molar-refractivity contribution in [2.75, 3.05) is 13.4 Å². The number of methoxy groups -OCH3 is 1. The fourth-order valence-electron chi connectivity index (χ4n) is 8.63. The van der Waals surface area contributed by atoms with Crippen molar-refractivity contribution in [3.05, 3.63) is 47.5 Å². The van der Waals surface area contributed by atoms with Gasteiger partial charge in [0.25, 0.3) is 0 Å². The summed E-state index contributed by atoms with van der Waals surface area (Å²) in [4.78, 5) is 2.47. The van der Waals surface area contributed by atoms with Crippen molar-refractivity contribution >= 4 is 34.3 Å². The molecule has 2 nitrogen and oxygen atoms in total. The van der Waals surface area contributed by atoms with E-state index < -0.39 is 0 Å². The predicted molar refractivity (Wildman–Crippen MR) is 164 cm³/mol. The summed E-state index contributed by atoms with van der Waals surface area (Å²) in [5, 5.41) is 14.3. The maximum absolute atomic E-state index is 11.5. The molecule has 0 atom stereocenters. The first-order chi connectivity index (χ1) is 18.1. The molecule has 0 bridgehead atoms. The first kappa shape index (κ1) is 26.4. The van der Waals surface area contributed by atoms with Gasteiger partial charge in [0, 0.05) is 25.8 Å². The van der Waals surface area contributed by atoms with Gasteiger partial charge in [-0.3, -0.25) is 0 Å². The van der Waals surface area contributed by atoms with Gasteiger partial charge >= 0.3 is 0 Å². The summed E-state index contributed by atoms with van der Waals surface area (Å²) in [6, 6.07) is 13.7. The van der Waals surface area contributed by atoms with E-state index in [9.17, 15) is 5.11 Å². The van der Waals surface area contributed by atoms with Crippen molar-refractivity contribution in [3.63, 3.8) is 0 Å². The van der Waals surface area contributed by atoms with E-state index in [1.165, 1.54) is 65.7 Å². The number of hydrogen-bond donors (Lipinski definition) is 1. The number of hydrogen-bond acceptors (Lipinski definition) is 4.